The maximum absolute atomic E-state index is 3.91. The first kappa shape index (κ1) is 54.7. The summed E-state index contributed by atoms with van der Waals surface area (Å²) in [5, 5.41) is 0. The molecule has 0 saturated carbocycles. The third kappa shape index (κ3) is 11.0. The van der Waals surface area contributed by atoms with Crippen LogP contribution in [0.25, 0.3) is 11.2 Å². The minimum atomic E-state index is 0. The molecule has 18 heavy (non-hydrogen) atoms. The molecule has 0 unspecified atom stereocenters. The monoisotopic (exact) mass is 264 g/mol. The van der Waals surface area contributed by atoms with Crippen molar-refractivity contribution >= 4 is 11.2 Å². The Balaban J connectivity index is -0.0000000185. The molecule has 0 amide bonds. The topological polar surface area (TPSA) is 54.5 Å². The van der Waals surface area contributed by atoms with E-state index < -0.39 is 0 Å². The summed E-state index contributed by atoms with van der Waals surface area (Å²) in [6.07, 6.45) is 4.76. The quantitative estimate of drug-likeness (QED) is 0.627. The highest BCUT2D eigenvalue weighted by molar-refractivity contribution is 5.67. The normalized spacial score (nSPS) is 5.11. The molecule has 2 heterocycles. The Labute approximate surface area is 117 Å². The van der Waals surface area contributed by atoms with Gasteiger partial charge in [-0.1, -0.05) is 66.8 Å². The molecule has 2 aromatic rings. The number of fused-ring (bicyclic) bond motifs is 1. The van der Waals surface area contributed by atoms with Crippen LogP contribution in [0.1, 0.15) is 66.8 Å². The number of aromatic nitrogens is 4. The lowest BCUT2D eigenvalue weighted by molar-refractivity contribution is 1.20. The lowest BCUT2D eigenvalue weighted by atomic mass is 10.6. The fraction of sp³-hybridized carbons (Fsp3) is 0.643. The van der Waals surface area contributed by atoms with Crippen LogP contribution in [0, 0.1) is 0 Å². The fourth-order valence-electron chi connectivity index (χ4n) is 0.691. The third-order valence-corrected chi connectivity index (χ3v) is 1.10. The maximum Gasteiger partial charge on any atom is 0.180 e. The molecule has 1 N–H and O–H groups in total. The average molecular weight is 265 g/mol. The van der Waals surface area contributed by atoms with Crippen LogP contribution < -0.4 is 0 Å². The summed E-state index contributed by atoms with van der Waals surface area (Å²) in [7, 11) is 0. The molecule has 0 bridgehead atoms. The molecule has 0 fully saturated rings. The van der Waals surface area contributed by atoms with Gasteiger partial charge in [0.05, 0.1) is 12.5 Å². The van der Waals surface area contributed by atoms with Crippen molar-refractivity contribution in [3.8, 4) is 0 Å². The maximum atomic E-state index is 3.91. The van der Waals surface area contributed by atoms with Crippen molar-refractivity contribution in [3.63, 3.8) is 0 Å². The number of hydrogen-bond donors (Lipinski definition) is 1. The van der Waals surface area contributed by atoms with Gasteiger partial charge in [0.15, 0.2) is 5.65 Å². The van der Waals surface area contributed by atoms with E-state index in [1.807, 2.05) is 0 Å². The van der Waals surface area contributed by atoms with Crippen molar-refractivity contribution in [2.75, 3.05) is 0 Å². The molecule has 0 atom stereocenters. The van der Waals surface area contributed by atoms with Gasteiger partial charge < -0.3 is 4.98 Å². The molecule has 2 rings (SSSR count). The summed E-state index contributed by atoms with van der Waals surface area (Å²) < 4.78 is 0. The van der Waals surface area contributed by atoms with Crippen molar-refractivity contribution < 1.29 is 0 Å². The lowest BCUT2D eigenvalue weighted by Crippen LogP contribution is -1.76. The van der Waals surface area contributed by atoms with Gasteiger partial charge in [-0.25, -0.2) is 15.0 Å². The third-order valence-electron chi connectivity index (χ3n) is 1.10. The van der Waals surface area contributed by atoms with E-state index in [0.717, 1.165) is 5.52 Å². The molecule has 116 valence electrons. The Hall–Kier alpha value is -1.45. The van der Waals surface area contributed by atoms with E-state index >= 15 is 0 Å². The van der Waals surface area contributed by atoms with Crippen LogP contribution in [0.15, 0.2) is 18.9 Å². The van der Waals surface area contributed by atoms with Crippen molar-refractivity contribution in [3.05, 3.63) is 18.9 Å². The number of H-pyrrole nitrogens is 1. The zero-order valence-corrected chi connectivity index (χ0v) is 4.57. The van der Waals surface area contributed by atoms with E-state index in [2.05, 4.69) is 19.9 Å². The number of nitrogens with one attached hydrogen (secondary N) is 1. The van der Waals surface area contributed by atoms with Gasteiger partial charge in [0.2, 0.25) is 0 Å². The number of nitrogens with zero attached hydrogens (tertiary/aromatic N) is 3. The number of rotatable bonds is 0. The van der Waals surface area contributed by atoms with Crippen molar-refractivity contribution in [1.82, 2.24) is 19.9 Å². The first-order chi connectivity index (χ1) is 4.47. The van der Waals surface area contributed by atoms with E-state index in [1.54, 1.807) is 12.5 Å². The second kappa shape index (κ2) is 24.7. The van der Waals surface area contributed by atoms with Crippen LogP contribution in [0.2, 0.25) is 0 Å². The van der Waals surface area contributed by atoms with E-state index in [1.165, 1.54) is 6.33 Å². The van der Waals surface area contributed by atoms with E-state index in [-0.39, 0.29) is 66.8 Å². The van der Waals surface area contributed by atoms with Crippen molar-refractivity contribution in [2.45, 2.75) is 66.8 Å². The number of aromatic amines is 1. The van der Waals surface area contributed by atoms with E-state index in [0.29, 0.717) is 5.65 Å². The predicted octanol–water partition coefficient (Wildman–Crippen LogP) is 6.08. The largest absolute Gasteiger partial charge is 0.342 e. The first-order valence-corrected chi connectivity index (χ1v) is 2.56. The second-order valence-corrected chi connectivity index (χ2v) is 1.66. The molecular formula is C14H40N4. The Bertz CT molecular complexity index is 288. The lowest BCUT2D eigenvalue weighted by Gasteiger charge is -1.80. The highest BCUT2D eigenvalue weighted by Gasteiger charge is 1.91. The summed E-state index contributed by atoms with van der Waals surface area (Å²) >= 11 is 0. The van der Waals surface area contributed by atoms with Gasteiger partial charge in [0.1, 0.15) is 11.8 Å². The van der Waals surface area contributed by atoms with Gasteiger partial charge in [-0.15, -0.1) is 0 Å². The van der Waals surface area contributed by atoms with E-state index in [9.17, 15) is 0 Å². The molecule has 0 aliphatic rings. The zero-order chi connectivity index (χ0) is 6.10. The molecule has 0 aromatic carbocycles. The SMILES string of the molecule is C.C.C.C.C.C.C.C.C.c1ncc2[nH]cnc2n1. The average Bonchev–Trinajstić information content (AvgIpc) is 2.33. The molecule has 0 radical (unpaired) electrons. The van der Waals surface area contributed by atoms with Gasteiger partial charge >= 0.3 is 0 Å². The summed E-state index contributed by atoms with van der Waals surface area (Å²) in [6, 6.07) is 0. The predicted molar refractivity (Wildman–Crippen MR) is 92.3 cm³/mol. The minimum Gasteiger partial charge on any atom is -0.342 e. The Morgan fingerprint density at radius 3 is 1.67 bits per heavy atom. The summed E-state index contributed by atoms with van der Waals surface area (Å²) in [6.45, 7) is 0. The van der Waals surface area contributed by atoms with Crippen molar-refractivity contribution in [2.24, 2.45) is 0 Å². The Morgan fingerprint density at radius 1 is 0.722 bits per heavy atom. The molecule has 2 aromatic heterocycles. The number of hydrogen-bond acceptors (Lipinski definition) is 3. The van der Waals surface area contributed by atoms with Gasteiger partial charge in [-0.3, -0.25) is 0 Å². The fourth-order valence-corrected chi connectivity index (χ4v) is 0.691. The molecule has 0 saturated heterocycles. The van der Waals surface area contributed by atoms with Crippen LogP contribution in [0.5, 0.6) is 0 Å². The van der Waals surface area contributed by atoms with Crippen LogP contribution in [-0.4, -0.2) is 19.9 Å². The van der Waals surface area contributed by atoms with Crippen LogP contribution >= 0.6 is 0 Å². The van der Waals surface area contributed by atoms with E-state index in [4.69, 9.17) is 0 Å². The molecule has 0 aliphatic heterocycles. The molecular weight excluding hydrogens is 224 g/mol. The van der Waals surface area contributed by atoms with Crippen LogP contribution in [0.3, 0.4) is 0 Å². The molecule has 4 nitrogen and oxygen atoms in total. The smallest absolute Gasteiger partial charge is 0.180 e. The van der Waals surface area contributed by atoms with Gasteiger partial charge in [0.25, 0.3) is 0 Å². The molecule has 4 heteroatoms. The Morgan fingerprint density at radius 2 is 1.22 bits per heavy atom. The second-order valence-electron chi connectivity index (χ2n) is 1.66. The molecule has 0 spiro atoms. The highest BCUT2D eigenvalue weighted by Crippen LogP contribution is 1.99. The van der Waals surface area contributed by atoms with Crippen molar-refractivity contribution in [1.29, 1.82) is 0 Å². The van der Waals surface area contributed by atoms with Gasteiger partial charge in [0, 0.05) is 0 Å². The van der Waals surface area contributed by atoms with Crippen LogP contribution in [0.4, 0.5) is 0 Å². The highest BCUT2D eigenvalue weighted by atomic mass is 15.0. The minimum absolute atomic E-state index is 0. The standard InChI is InChI=1S/C5H4N4.9CH4/c1-4-5(8-2-6-1)9-3-7-4;;;;;;;;;/h1-3H,(H,6,7,8,9);9*1H4. The Kier molecular flexibility index (Phi) is 75.0. The van der Waals surface area contributed by atoms with Crippen LogP contribution in [-0.2, 0) is 0 Å². The number of imidazole rings is 1. The molecule has 0 aliphatic carbocycles. The summed E-state index contributed by atoms with van der Waals surface area (Å²) in [4.78, 5) is 14.5. The summed E-state index contributed by atoms with van der Waals surface area (Å²) in [5.41, 5.74) is 1.59. The van der Waals surface area contributed by atoms with Gasteiger partial charge in [-0.2, -0.15) is 0 Å². The zero-order valence-electron chi connectivity index (χ0n) is 4.57. The first-order valence-electron chi connectivity index (χ1n) is 2.56. The van der Waals surface area contributed by atoms with Gasteiger partial charge in [-0.05, 0) is 0 Å². The summed E-state index contributed by atoms with van der Waals surface area (Å²) in [5.74, 6) is 0.